The monoisotopic (exact) mass is 207 g/mol. The second-order valence-electron chi connectivity index (χ2n) is 4.53. The highest BCUT2D eigenvalue weighted by Crippen LogP contribution is 2.27. The first-order valence-corrected chi connectivity index (χ1v) is 4.90. The molecule has 1 rings (SSSR count). The molecular weight excluding hydrogens is 186 g/mol. The van der Waals surface area contributed by atoms with E-state index in [0.29, 0.717) is 11.5 Å². The van der Waals surface area contributed by atoms with Crippen LogP contribution < -0.4 is 5.32 Å². The molecule has 1 saturated heterocycles. The summed E-state index contributed by atoms with van der Waals surface area (Å²) in [5, 5.41) is 3.23. The standard InChI is InChI=1S/C10H21NO.ClH/c1-10(2,8-11-3)7-9-5-4-6-12-9;/h9,11H,4-8H2,1-3H3;1H. The van der Waals surface area contributed by atoms with Crippen LogP contribution in [0.25, 0.3) is 0 Å². The van der Waals surface area contributed by atoms with Crippen LogP contribution in [0.5, 0.6) is 0 Å². The van der Waals surface area contributed by atoms with Crippen LogP contribution in [0.1, 0.15) is 33.1 Å². The van der Waals surface area contributed by atoms with Crippen LogP contribution in [0.4, 0.5) is 0 Å². The predicted molar refractivity (Wildman–Crippen MR) is 58.5 cm³/mol. The van der Waals surface area contributed by atoms with Crippen molar-refractivity contribution in [3.8, 4) is 0 Å². The van der Waals surface area contributed by atoms with Gasteiger partial charge in [-0.15, -0.1) is 12.4 Å². The Balaban J connectivity index is 0.00000144. The van der Waals surface area contributed by atoms with Gasteiger partial charge in [0.1, 0.15) is 0 Å². The average molecular weight is 208 g/mol. The summed E-state index contributed by atoms with van der Waals surface area (Å²) >= 11 is 0. The molecule has 1 aliphatic heterocycles. The van der Waals surface area contributed by atoms with Crippen molar-refractivity contribution in [3.63, 3.8) is 0 Å². The largest absolute Gasteiger partial charge is 0.378 e. The van der Waals surface area contributed by atoms with E-state index in [1.807, 2.05) is 7.05 Å². The molecule has 80 valence electrons. The quantitative estimate of drug-likeness (QED) is 0.764. The molecule has 0 bridgehead atoms. The van der Waals surface area contributed by atoms with E-state index in [9.17, 15) is 0 Å². The molecule has 1 fully saturated rings. The summed E-state index contributed by atoms with van der Waals surface area (Å²) in [6.45, 7) is 6.64. The molecule has 1 heterocycles. The number of ether oxygens (including phenoxy) is 1. The lowest BCUT2D eigenvalue weighted by Gasteiger charge is -2.27. The minimum Gasteiger partial charge on any atom is -0.378 e. The third-order valence-corrected chi connectivity index (χ3v) is 2.46. The third kappa shape index (κ3) is 4.84. The lowest BCUT2D eigenvalue weighted by Crippen LogP contribution is -2.30. The molecule has 0 spiro atoms. The Kier molecular flexibility index (Phi) is 5.93. The number of hydrogen-bond acceptors (Lipinski definition) is 2. The maximum atomic E-state index is 5.61. The molecule has 0 aromatic carbocycles. The first-order valence-electron chi connectivity index (χ1n) is 4.90. The van der Waals surface area contributed by atoms with Gasteiger partial charge in [0.2, 0.25) is 0 Å². The van der Waals surface area contributed by atoms with Gasteiger partial charge >= 0.3 is 0 Å². The SMILES string of the molecule is CNCC(C)(C)CC1CCCO1.Cl. The summed E-state index contributed by atoms with van der Waals surface area (Å²) in [6, 6.07) is 0. The van der Waals surface area contributed by atoms with Crippen LogP contribution in [0.3, 0.4) is 0 Å². The topological polar surface area (TPSA) is 21.3 Å². The fraction of sp³-hybridized carbons (Fsp3) is 1.00. The molecule has 2 nitrogen and oxygen atoms in total. The maximum absolute atomic E-state index is 5.61. The van der Waals surface area contributed by atoms with Crippen LogP contribution in [0, 0.1) is 5.41 Å². The van der Waals surface area contributed by atoms with Gasteiger partial charge in [-0.3, -0.25) is 0 Å². The molecule has 0 aromatic rings. The normalized spacial score (nSPS) is 22.8. The van der Waals surface area contributed by atoms with Crippen molar-refractivity contribution in [2.24, 2.45) is 5.41 Å². The molecule has 1 atom stereocenters. The van der Waals surface area contributed by atoms with Crippen molar-refractivity contribution in [3.05, 3.63) is 0 Å². The van der Waals surface area contributed by atoms with Crippen molar-refractivity contribution in [1.29, 1.82) is 0 Å². The van der Waals surface area contributed by atoms with Gasteiger partial charge < -0.3 is 10.1 Å². The molecular formula is C10H22ClNO. The Hall–Kier alpha value is 0.210. The summed E-state index contributed by atoms with van der Waals surface area (Å²) in [5.74, 6) is 0. The Morgan fingerprint density at radius 3 is 2.62 bits per heavy atom. The molecule has 13 heavy (non-hydrogen) atoms. The zero-order valence-electron chi connectivity index (χ0n) is 8.93. The van der Waals surface area contributed by atoms with Crippen LogP contribution in [0.15, 0.2) is 0 Å². The van der Waals surface area contributed by atoms with Crippen molar-refractivity contribution >= 4 is 12.4 Å². The van der Waals surface area contributed by atoms with Gasteiger partial charge in [-0.2, -0.15) is 0 Å². The van der Waals surface area contributed by atoms with Gasteiger partial charge in [0.25, 0.3) is 0 Å². The fourth-order valence-electron chi connectivity index (χ4n) is 1.97. The molecule has 0 aromatic heterocycles. The lowest BCUT2D eigenvalue weighted by atomic mass is 9.86. The molecule has 0 amide bonds. The predicted octanol–water partition coefficient (Wildman–Crippen LogP) is 2.22. The van der Waals surface area contributed by atoms with Crippen LogP contribution >= 0.6 is 12.4 Å². The summed E-state index contributed by atoms with van der Waals surface area (Å²) < 4.78 is 5.61. The zero-order chi connectivity index (χ0) is 9.03. The van der Waals surface area contributed by atoms with Gasteiger partial charge in [-0.1, -0.05) is 13.8 Å². The van der Waals surface area contributed by atoms with Crippen molar-refractivity contribution in [2.75, 3.05) is 20.2 Å². The second-order valence-corrected chi connectivity index (χ2v) is 4.53. The fourth-order valence-corrected chi connectivity index (χ4v) is 1.97. The van der Waals surface area contributed by atoms with Crippen molar-refractivity contribution in [2.45, 2.75) is 39.2 Å². The molecule has 0 radical (unpaired) electrons. The van der Waals surface area contributed by atoms with E-state index in [1.165, 1.54) is 19.3 Å². The molecule has 1 N–H and O–H groups in total. The van der Waals surface area contributed by atoms with E-state index >= 15 is 0 Å². The summed E-state index contributed by atoms with van der Waals surface area (Å²) in [7, 11) is 2.01. The molecule has 1 aliphatic rings. The number of nitrogens with one attached hydrogen (secondary N) is 1. The number of rotatable bonds is 4. The highest BCUT2D eigenvalue weighted by atomic mass is 35.5. The number of halogens is 1. The van der Waals surface area contributed by atoms with E-state index < -0.39 is 0 Å². The van der Waals surface area contributed by atoms with Gasteiger partial charge in [0, 0.05) is 13.2 Å². The molecule has 0 saturated carbocycles. The van der Waals surface area contributed by atoms with E-state index in [4.69, 9.17) is 4.74 Å². The minimum atomic E-state index is 0. The first kappa shape index (κ1) is 13.2. The highest BCUT2D eigenvalue weighted by Gasteiger charge is 2.25. The van der Waals surface area contributed by atoms with E-state index in [0.717, 1.165) is 13.2 Å². The van der Waals surface area contributed by atoms with Gasteiger partial charge in [-0.25, -0.2) is 0 Å². The lowest BCUT2D eigenvalue weighted by molar-refractivity contribution is 0.0718. The van der Waals surface area contributed by atoms with Crippen LogP contribution in [0.2, 0.25) is 0 Å². The summed E-state index contributed by atoms with van der Waals surface area (Å²) in [6.07, 6.45) is 4.22. The van der Waals surface area contributed by atoms with Crippen LogP contribution in [-0.4, -0.2) is 26.3 Å². The summed E-state index contributed by atoms with van der Waals surface area (Å²) in [4.78, 5) is 0. The third-order valence-electron chi connectivity index (χ3n) is 2.46. The Bertz CT molecular complexity index is 133. The first-order chi connectivity index (χ1) is 5.64. The Labute approximate surface area is 87.8 Å². The Morgan fingerprint density at radius 1 is 1.46 bits per heavy atom. The smallest absolute Gasteiger partial charge is 0.0581 e. The Morgan fingerprint density at radius 2 is 2.15 bits per heavy atom. The van der Waals surface area contributed by atoms with Crippen molar-refractivity contribution < 1.29 is 4.74 Å². The van der Waals surface area contributed by atoms with Crippen molar-refractivity contribution in [1.82, 2.24) is 5.32 Å². The van der Waals surface area contributed by atoms with E-state index in [2.05, 4.69) is 19.2 Å². The molecule has 0 aliphatic carbocycles. The van der Waals surface area contributed by atoms with Crippen LogP contribution in [-0.2, 0) is 4.74 Å². The van der Waals surface area contributed by atoms with Gasteiger partial charge in [0.05, 0.1) is 6.10 Å². The highest BCUT2D eigenvalue weighted by molar-refractivity contribution is 5.85. The van der Waals surface area contributed by atoms with Gasteiger partial charge in [-0.05, 0) is 31.7 Å². The van der Waals surface area contributed by atoms with E-state index in [-0.39, 0.29) is 12.4 Å². The van der Waals surface area contributed by atoms with Gasteiger partial charge in [0.15, 0.2) is 0 Å². The average Bonchev–Trinajstić information content (AvgIpc) is 2.38. The minimum absolute atomic E-state index is 0. The number of hydrogen-bond donors (Lipinski definition) is 1. The molecule has 1 unspecified atom stereocenters. The molecule has 3 heteroatoms. The maximum Gasteiger partial charge on any atom is 0.0581 e. The summed E-state index contributed by atoms with van der Waals surface area (Å²) in [5.41, 5.74) is 0.379. The zero-order valence-corrected chi connectivity index (χ0v) is 9.75. The second kappa shape index (κ2) is 5.84. The van der Waals surface area contributed by atoms with E-state index in [1.54, 1.807) is 0 Å².